The van der Waals surface area contributed by atoms with Gasteiger partial charge in [-0.1, -0.05) is 60.2 Å². The SMILES string of the molecule is CC(=O)c1cc(C)ccc1OC(=O)CCN1C(=O)[C@H]2C3c4ccccc4C(c4ccccc43)[C@@H]2C1=O. The van der Waals surface area contributed by atoms with E-state index in [-0.39, 0.29) is 48.1 Å². The highest BCUT2D eigenvalue weighted by Crippen LogP contribution is 2.60. The fraction of sp³-hybridized carbons (Fsp3) is 0.267. The van der Waals surface area contributed by atoms with Gasteiger partial charge in [0.1, 0.15) is 5.75 Å². The normalized spacial score (nSPS) is 23.2. The van der Waals surface area contributed by atoms with Crippen LogP contribution in [-0.2, 0) is 14.4 Å². The van der Waals surface area contributed by atoms with E-state index in [0.717, 1.165) is 27.8 Å². The van der Waals surface area contributed by atoms with Gasteiger partial charge in [-0.25, -0.2) is 0 Å². The minimum atomic E-state index is -0.591. The van der Waals surface area contributed by atoms with Crippen LogP contribution in [0, 0.1) is 18.8 Å². The van der Waals surface area contributed by atoms with Crippen LogP contribution >= 0.6 is 0 Å². The van der Waals surface area contributed by atoms with E-state index < -0.39 is 17.8 Å². The van der Waals surface area contributed by atoms with Crippen LogP contribution in [0.15, 0.2) is 66.7 Å². The number of likely N-dealkylation sites (tertiary alicyclic amines) is 1. The van der Waals surface area contributed by atoms with Crippen molar-refractivity contribution in [2.75, 3.05) is 6.54 Å². The zero-order chi connectivity index (χ0) is 25.1. The van der Waals surface area contributed by atoms with Crippen molar-refractivity contribution in [3.63, 3.8) is 0 Å². The van der Waals surface area contributed by atoms with Gasteiger partial charge in [-0.05, 0) is 48.2 Å². The Bertz CT molecular complexity index is 1340. The third-order valence-electron chi connectivity index (χ3n) is 7.82. The summed E-state index contributed by atoms with van der Waals surface area (Å²) in [6.45, 7) is 3.22. The Kier molecular flexibility index (Phi) is 5.14. The van der Waals surface area contributed by atoms with E-state index in [2.05, 4.69) is 24.3 Å². The summed E-state index contributed by atoms with van der Waals surface area (Å²) >= 11 is 0. The van der Waals surface area contributed by atoms with Crippen LogP contribution in [0.4, 0.5) is 0 Å². The number of nitrogens with zero attached hydrogens (tertiary/aromatic N) is 1. The smallest absolute Gasteiger partial charge is 0.313 e. The molecule has 4 aliphatic rings. The first kappa shape index (κ1) is 22.4. The average Bonchev–Trinajstić information content (AvgIpc) is 3.13. The maximum absolute atomic E-state index is 13.6. The van der Waals surface area contributed by atoms with Crippen molar-refractivity contribution in [3.8, 4) is 5.75 Å². The Hall–Kier alpha value is -4.06. The topological polar surface area (TPSA) is 80.8 Å². The van der Waals surface area contributed by atoms with Crippen LogP contribution in [0.1, 0.15) is 63.4 Å². The summed E-state index contributed by atoms with van der Waals surface area (Å²) in [5.41, 5.74) is 5.66. The second kappa shape index (κ2) is 8.26. The number of ether oxygens (including phenoxy) is 1. The van der Waals surface area contributed by atoms with Gasteiger partial charge in [0.2, 0.25) is 11.8 Å². The number of carbonyl (C=O) groups is 4. The van der Waals surface area contributed by atoms with Gasteiger partial charge in [-0.3, -0.25) is 24.1 Å². The molecule has 7 rings (SSSR count). The molecule has 0 unspecified atom stereocenters. The highest BCUT2D eigenvalue weighted by atomic mass is 16.5. The van der Waals surface area contributed by atoms with Crippen LogP contribution in [0.2, 0.25) is 0 Å². The highest BCUT2D eigenvalue weighted by Gasteiger charge is 2.61. The Balaban J connectivity index is 1.25. The number of hydrogen-bond acceptors (Lipinski definition) is 5. The number of amides is 2. The minimum absolute atomic E-state index is 0.0447. The molecular weight excluding hydrogens is 454 g/mol. The molecule has 0 saturated carbocycles. The second-order valence-corrected chi connectivity index (χ2v) is 9.87. The molecule has 1 aliphatic heterocycles. The maximum atomic E-state index is 13.6. The van der Waals surface area contributed by atoms with E-state index in [1.165, 1.54) is 11.8 Å². The van der Waals surface area contributed by atoms with Crippen molar-refractivity contribution in [2.45, 2.75) is 32.1 Å². The molecular formula is C30H25NO5. The molecule has 0 aromatic heterocycles. The van der Waals surface area contributed by atoms with Gasteiger partial charge in [0.15, 0.2) is 5.78 Å². The molecule has 3 aliphatic carbocycles. The highest BCUT2D eigenvalue weighted by molar-refractivity contribution is 6.08. The number of imide groups is 1. The molecule has 2 bridgehead atoms. The molecule has 3 aromatic carbocycles. The van der Waals surface area contributed by atoms with E-state index >= 15 is 0 Å². The van der Waals surface area contributed by atoms with Crippen molar-refractivity contribution in [3.05, 3.63) is 100 Å². The molecule has 2 amide bonds. The first-order valence-electron chi connectivity index (χ1n) is 12.2. The number of hydrogen-bond donors (Lipinski definition) is 0. The molecule has 36 heavy (non-hydrogen) atoms. The summed E-state index contributed by atoms with van der Waals surface area (Å²) < 4.78 is 5.46. The fourth-order valence-corrected chi connectivity index (χ4v) is 6.34. The largest absolute Gasteiger partial charge is 0.426 e. The minimum Gasteiger partial charge on any atom is -0.426 e. The zero-order valence-corrected chi connectivity index (χ0v) is 20.1. The monoisotopic (exact) mass is 479 g/mol. The summed E-state index contributed by atoms with van der Waals surface area (Å²) in [5, 5.41) is 0. The number of rotatable bonds is 5. The van der Waals surface area contributed by atoms with Crippen LogP contribution in [0.5, 0.6) is 5.75 Å². The standard InChI is InChI=1S/C30H25NO5/c1-16-11-12-23(22(15-16)17(2)32)36-24(33)13-14-31-29(34)27-25-18-7-3-4-8-19(18)26(28(27)30(31)35)21-10-6-5-9-20(21)25/h3-12,15,25-28H,13-14H2,1-2H3/t25?,26?,27-,28-/m0/s1. The lowest BCUT2D eigenvalue weighted by Crippen LogP contribution is -2.41. The summed E-state index contributed by atoms with van der Waals surface area (Å²) in [4.78, 5) is 53.1. The predicted molar refractivity (Wildman–Crippen MR) is 132 cm³/mol. The van der Waals surface area contributed by atoms with E-state index in [1.807, 2.05) is 31.2 Å². The average molecular weight is 480 g/mol. The molecule has 6 nitrogen and oxygen atoms in total. The number of esters is 1. The van der Waals surface area contributed by atoms with Gasteiger partial charge < -0.3 is 4.74 Å². The maximum Gasteiger partial charge on any atom is 0.313 e. The molecule has 0 radical (unpaired) electrons. The van der Waals surface area contributed by atoms with Crippen LogP contribution in [-0.4, -0.2) is 35.0 Å². The molecule has 3 aromatic rings. The molecule has 2 atom stereocenters. The van der Waals surface area contributed by atoms with Gasteiger partial charge in [-0.15, -0.1) is 0 Å². The van der Waals surface area contributed by atoms with Crippen LogP contribution in [0.3, 0.4) is 0 Å². The second-order valence-electron chi connectivity index (χ2n) is 9.87. The Morgan fingerprint density at radius 2 is 1.31 bits per heavy atom. The number of ketones is 1. The van der Waals surface area contributed by atoms with Crippen LogP contribution < -0.4 is 4.74 Å². The van der Waals surface area contributed by atoms with E-state index in [1.54, 1.807) is 18.2 Å². The van der Waals surface area contributed by atoms with Gasteiger partial charge in [0.25, 0.3) is 0 Å². The third kappa shape index (κ3) is 3.24. The summed E-state index contributed by atoms with van der Waals surface area (Å²) in [6, 6.07) is 21.2. The number of benzene rings is 3. The third-order valence-corrected chi connectivity index (χ3v) is 7.82. The molecule has 1 heterocycles. The van der Waals surface area contributed by atoms with E-state index in [9.17, 15) is 19.2 Å². The molecule has 6 heteroatoms. The zero-order valence-electron chi connectivity index (χ0n) is 20.1. The van der Waals surface area contributed by atoms with Gasteiger partial charge >= 0.3 is 5.97 Å². The number of Topliss-reactive ketones (excluding diaryl/α,β-unsaturated/α-hetero) is 1. The lowest BCUT2D eigenvalue weighted by Gasteiger charge is -2.45. The Labute approximate surface area is 208 Å². The summed E-state index contributed by atoms with van der Waals surface area (Å²) in [6.07, 6.45) is -0.141. The van der Waals surface area contributed by atoms with Crippen molar-refractivity contribution in [1.29, 1.82) is 0 Å². The molecule has 1 fully saturated rings. The Morgan fingerprint density at radius 3 is 1.78 bits per heavy atom. The van der Waals surface area contributed by atoms with Gasteiger partial charge in [0, 0.05) is 18.4 Å². The lowest BCUT2D eigenvalue weighted by atomic mass is 9.55. The Morgan fingerprint density at radius 1 is 0.806 bits per heavy atom. The molecule has 180 valence electrons. The number of carbonyl (C=O) groups excluding carboxylic acids is 4. The lowest BCUT2D eigenvalue weighted by molar-refractivity contribution is -0.141. The summed E-state index contributed by atoms with van der Waals surface area (Å²) in [7, 11) is 0. The molecule has 0 spiro atoms. The van der Waals surface area contributed by atoms with E-state index in [0.29, 0.717) is 5.56 Å². The van der Waals surface area contributed by atoms with Crippen molar-refractivity contribution in [2.24, 2.45) is 11.8 Å². The van der Waals surface area contributed by atoms with Crippen molar-refractivity contribution >= 4 is 23.6 Å². The number of aryl methyl sites for hydroxylation is 1. The summed E-state index contributed by atoms with van der Waals surface area (Å²) in [5.74, 6) is -2.34. The first-order chi connectivity index (χ1) is 17.4. The predicted octanol–water partition coefficient (Wildman–Crippen LogP) is 4.39. The van der Waals surface area contributed by atoms with Crippen molar-refractivity contribution in [1.82, 2.24) is 4.90 Å². The quantitative estimate of drug-likeness (QED) is 0.235. The molecule has 0 N–H and O–H groups in total. The molecule has 1 saturated heterocycles. The van der Waals surface area contributed by atoms with Crippen molar-refractivity contribution < 1.29 is 23.9 Å². The first-order valence-corrected chi connectivity index (χ1v) is 12.2. The van der Waals surface area contributed by atoms with Gasteiger partial charge in [-0.2, -0.15) is 0 Å². The van der Waals surface area contributed by atoms with E-state index in [4.69, 9.17) is 4.74 Å². The fourth-order valence-electron chi connectivity index (χ4n) is 6.34. The van der Waals surface area contributed by atoms with Crippen LogP contribution in [0.25, 0.3) is 0 Å². The van der Waals surface area contributed by atoms with Gasteiger partial charge in [0.05, 0.1) is 23.8 Å².